The Hall–Kier alpha value is -1.12. The quantitative estimate of drug-likeness (QED) is 0.0683. The molecule has 28 heteroatoms. The third-order valence-corrected chi connectivity index (χ3v) is 12.7. The van der Waals surface area contributed by atoms with Gasteiger partial charge >= 0.3 is 0 Å². The predicted octanol–water partition coefficient (Wildman–Crippen LogP) is -11.1. The highest BCUT2D eigenvalue weighted by atomic mass is 16.8. The molecule has 6 rings (SSSR count). The fourth-order valence-electron chi connectivity index (χ4n) is 8.68. The van der Waals surface area contributed by atoms with E-state index in [0.717, 1.165) is 0 Å². The summed E-state index contributed by atoms with van der Waals surface area (Å²) in [6, 6.07) is 0. The highest BCUT2D eigenvalue weighted by Crippen LogP contribution is 2.36. The van der Waals surface area contributed by atoms with E-state index in [9.17, 15) is 86.8 Å². The first-order valence-electron chi connectivity index (χ1n) is 21.2. The molecule has 65 heavy (non-hydrogen) atoms. The molecule has 380 valence electrons. The maximum absolute atomic E-state index is 11.2. The Balaban J connectivity index is 1.07. The first kappa shape index (κ1) is 53.2. The first-order valence-corrected chi connectivity index (χ1v) is 21.2. The van der Waals surface area contributed by atoms with Crippen LogP contribution in [0, 0.1) is 5.92 Å². The summed E-state index contributed by atoms with van der Waals surface area (Å²) in [5, 5.41) is 180. The molecule has 6 fully saturated rings. The third-order valence-electron chi connectivity index (χ3n) is 12.7. The molecule has 0 aromatic carbocycles. The van der Waals surface area contributed by atoms with Crippen LogP contribution in [0.2, 0.25) is 0 Å². The van der Waals surface area contributed by atoms with E-state index < -0.39 is 211 Å². The molecule has 28 atom stereocenters. The molecule has 6 aliphatic heterocycles. The van der Waals surface area contributed by atoms with E-state index >= 15 is 0 Å². The molecule has 17 N–H and O–H groups in total. The number of hydrogen-bond acceptors (Lipinski definition) is 28. The van der Waals surface area contributed by atoms with Gasteiger partial charge in [-0.3, -0.25) is 0 Å². The van der Waals surface area contributed by atoms with Gasteiger partial charge in [0.2, 0.25) is 0 Å². The second-order valence-electron chi connectivity index (χ2n) is 16.8. The molecule has 0 unspecified atom stereocenters. The van der Waals surface area contributed by atoms with E-state index in [1.807, 2.05) is 0 Å². The zero-order valence-electron chi connectivity index (χ0n) is 34.9. The van der Waals surface area contributed by atoms with Gasteiger partial charge in [-0.2, -0.15) is 0 Å². The molecule has 0 aliphatic carbocycles. The van der Waals surface area contributed by atoms with E-state index in [1.165, 1.54) is 6.92 Å². The normalized spacial score (nSPS) is 52.3. The van der Waals surface area contributed by atoms with Crippen molar-refractivity contribution in [2.45, 2.75) is 179 Å². The van der Waals surface area contributed by atoms with Gasteiger partial charge in [0.1, 0.15) is 116 Å². The largest absolute Gasteiger partial charge is 0.394 e. The van der Waals surface area contributed by atoms with Crippen LogP contribution in [-0.2, 0) is 52.1 Å². The Morgan fingerprint density at radius 2 is 0.600 bits per heavy atom. The van der Waals surface area contributed by atoms with Crippen molar-refractivity contribution in [1.29, 1.82) is 0 Å². The van der Waals surface area contributed by atoms with Gasteiger partial charge in [-0.1, -0.05) is 6.92 Å². The van der Waals surface area contributed by atoms with Crippen molar-refractivity contribution < 1.29 is 139 Å². The molecule has 0 radical (unpaired) electrons. The van der Waals surface area contributed by atoms with Crippen LogP contribution in [0.1, 0.15) is 13.3 Å². The van der Waals surface area contributed by atoms with E-state index in [-0.39, 0.29) is 13.0 Å². The zero-order valence-corrected chi connectivity index (χ0v) is 34.9. The minimum atomic E-state index is -2.13. The van der Waals surface area contributed by atoms with Gasteiger partial charge in [0.05, 0.1) is 58.0 Å². The maximum atomic E-state index is 11.2. The van der Waals surface area contributed by atoms with Gasteiger partial charge in [0.15, 0.2) is 31.5 Å². The molecular formula is C37H64O28. The highest BCUT2D eigenvalue weighted by Gasteiger charge is 2.57. The Labute approximate surface area is 370 Å². The summed E-state index contributed by atoms with van der Waals surface area (Å²) < 4.78 is 61.8. The first-order chi connectivity index (χ1) is 30.9. The Morgan fingerprint density at radius 3 is 0.892 bits per heavy atom. The second-order valence-corrected chi connectivity index (χ2v) is 16.8. The molecule has 6 heterocycles. The number of aliphatic hydroxyl groups is 17. The average molecular weight is 957 g/mol. The lowest BCUT2D eigenvalue weighted by atomic mass is 9.91. The lowest BCUT2D eigenvalue weighted by molar-refractivity contribution is -0.394. The van der Waals surface area contributed by atoms with Crippen LogP contribution >= 0.6 is 0 Å². The fraction of sp³-hybridized carbons (Fsp3) is 1.00. The molecule has 6 aliphatic rings. The molecule has 0 aromatic rings. The van der Waals surface area contributed by atoms with Crippen molar-refractivity contribution in [1.82, 2.24) is 0 Å². The van der Waals surface area contributed by atoms with Crippen molar-refractivity contribution in [3.8, 4) is 0 Å². The molecule has 0 bridgehead atoms. The highest BCUT2D eigenvalue weighted by molar-refractivity contribution is 4.99. The van der Waals surface area contributed by atoms with Gasteiger partial charge in [-0.15, -0.1) is 0 Å². The number of hydrogen-bond donors (Lipinski definition) is 17. The Morgan fingerprint density at radius 1 is 0.338 bits per heavy atom. The third kappa shape index (κ3) is 11.1. The lowest BCUT2D eigenvalue weighted by Crippen LogP contribution is -2.68. The lowest BCUT2D eigenvalue weighted by Gasteiger charge is -2.49. The minimum Gasteiger partial charge on any atom is -0.394 e. The average Bonchev–Trinajstić information content (AvgIpc) is 3.30. The van der Waals surface area contributed by atoms with Crippen LogP contribution < -0.4 is 0 Å². The van der Waals surface area contributed by atoms with E-state index in [2.05, 4.69) is 0 Å². The molecule has 0 spiro atoms. The fourth-order valence-corrected chi connectivity index (χ4v) is 8.68. The zero-order chi connectivity index (χ0) is 47.6. The van der Waals surface area contributed by atoms with E-state index in [0.29, 0.717) is 0 Å². The van der Waals surface area contributed by atoms with Crippen LogP contribution in [0.4, 0.5) is 0 Å². The molecule has 28 nitrogen and oxygen atoms in total. The summed E-state index contributed by atoms with van der Waals surface area (Å²) in [5.41, 5.74) is 0. The van der Waals surface area contributed by atoms with Crippen LogP contribution in [0.5, 0.6) is 0 Å². The van der Waals surface area contributed by atoms with Crippen LogP contribution in [0.25, 0.3) is 0 Å². The van der Waals surface area contributed by atoms with Crippen molar-refractivity contribution in [2.75, 3.05) is 46.2 Å². The van der Waals surface area contributed by atoms with E-state index in [1.54, 1.807) is 0 Å². The van der Waals surface area contributed by atoms with Crippen molar-refractivity contribution >= 4 is 0 Å². The summed E-state index contributed by atoms with van der Waals surface area (Å²) >= 11 is 0. The molecule has 6 saturated heterocycles. The second kappa shape index (κ2) is 23.2. The number of ether oxygens (including phenoxy) is 11. The van der Waals surface area contributed by atoms with E-state index in [4.69, 9.17) is 52.1 Å². The molecule has 0 aromatic heterocycles. The summed E-state index contributed by atoms with van der Waals surface area (Å²) in [6.07, 6.45) is -46.1. The Kier molecular flexibility index (Phi) is 19.0. The summed E-state index contributed by atoms with van der Waals surface area (Å²) in [6.45, 7) is -3.24. The topological polar surface area (TPSA) is 445 Å². The summed E-state index contributed by atoms with van der Waals surface area (Å²) in [7, 11) is 0. The summed E-state index contributed by atoms with van der Waals surface area (Å²) in [5.74, 6) is -0.727. The monoisotopic (exact) mass is 956 g/mol. The SMILES string of the molecule is C[C@H]1[C@H](O)[C@@H](O)[C@@H](O[C@H]2[C@H](O)[C@@H](O)[C@@H](O[C@H]3[C@H](O)[C@@H](O)[C@@H](O[C@H]4[C@H](O)[C@@H](O)[C@@H](O[C@H]5[C@H](O)[C@@H](O)[C@@H](O[C@H]6[C@H](O)CCO[C@@H]6CO)O[C@@H]5CO)O[C@@H]4CO)O[C@@H]3CO)O[C@@H]2CO)O[C@@H]1CO. The van der Waals surface area contributed by atoms with Gasteiger partial charge in [0, 0.05) is 12.5 Å². The number of rotatable bonds is 16. The van der Waals surface area contributed by atoms with Crippen molar-refractivity contribution in [2.24, 2.45) is 5.92 Å². The van der Waals surface area contributed by atoms with Gasteiger partial charge < -0.3 is 139 Å². The maximum Gasteiger partial charge on any atom is 0.187 e. The van der Waals surface area contributed by atoms with Gasteiger partial charge in [0.25, 0.3) is 0 Å². The smallest absolute Gasteiger partial charge is 0.187 e. The van der Waals surface area contributed by atoms with Gasteiger partial charge in [-0.25, -0.2) is 0 Å². The predicted molar refractivity (Wildman–Crippen MR) is 200 cm³/mol. The minimum absolute atomic E-state index is 0.109. The van der Waals surface area contributed by atoms with Crippen LogP contribution in [-0.4, -0.2) is 299 Å². The Bertz CT molecular complexity index is 1430. The molecule has 0 saturated carbocycles. The number of aliphatic hydroxyl groups excluding tert-OH is 17. The van der Waals surface area contributed by atoms with Crippen molar-refractivity contribution in [3.05, 3.63) is 0 Å². The summed E-state index contributed by atoms with van der Waals surface area (Å²) in [4.78, 5) is 0. The van der Waals surface area contributed by atoms with Crippen LogP contribution in [0.3, 0.4) is 0 Å². The van der Waals surface area contributed by atoms with Gasteiger partial charge in [-0.05, 0) is 6.42 Å². The molecular weight excluding hydrogens is 892 g/mol. The van der Waals surface area contributed by atoms with Crippen molar-refractivity contribution in [3.63, 3.8) is 0 Å². The molecule has 0 amide bonds. The standard InChI is InChI=1S/C37H64O28/c1-10-12(4-38)56-33(23(50)18(10)45)62-29-15(7-41)58-35(25(52)20(29)47)64-31-17(9-43)60-37(27(54)22(31)49)65-32-16(8-42)59-36(26(53)21(32)48)63-30-14(6-40)57-34(24(51)19(30)46)61-28-11(44)2-3-55-13(28)5-39/h10-54H,2-9H2,1H3/t10-,11-,12-,13-,14-,15-,16-,17-,18+,19-,20-,21-,22-,23-,24-,25-,26-,27-,28+,29-,30-,31-,32-,33-,34-,35-,36-,37-/m1/s1. The van der Waals surface area contributed by atoms with Crippen LogP contribution in [0.15, 0.2) is 0 Å².